The van der Waals surface area contributed by atoms with Gasteiger partial charge in [0.2, 0.25) is 15.7 Å². The molecule has 0 radical (unpaired) electrons. The van der Waals surface area contributed by atoms with Crippen molar-refractivity contribution in [2.45, 2.75) is 23.1 Å². The summed E-state index contributed by atoms with van der Waals surface area (Å²) in [6.07, 6.45) is 2.40. The predicted octanol–water partition coefficient (Wildman–Crippen LogP) is 1.70. The normalized spacial score (nSPS) is 13.2. The quantitative estimate of drug-likeness (QED) is 0.790. The van der Waals surface area contributed by atoms with E-state index in [1.165, 1.54) is 12.1 Å². The number of carbonyl (C=O) groups is 1. The Kier molecular flexibility index (Phi) is 6.56. The van der Waals surface area contributed by atoms with Crippen LogP contribution in [0.15, 0.2) is 29.2 Å². The third kappa shape index (κ3) is 4.94. The first-order valence-corrected chi connectivity index (χ1v) is 8.90. The highest BCUT2D eigenvalue weighted by molar-refractivity contribution is 7.98. The van der Waals surface area contributed by atoms with Gasteiger partial charge >= 0.3 is 5.76 Å². The fourth-order valence-electron chi connectivity index (χ4n) is 1.44. The number of anilines is 1. The topological polar surface area (TPSA) is 89.3 Å². The highest BCUT2D eigenvalue weighted by Crippen LogP contribution is 2.20. The molecule has 118 valence electrons. The van der Waals surface area contributed by atoms with Gasteiger partial charge in [-0.15, -0.1) is 0 Å². The number of nitrogens with two attached hydrogens (primary N) is 1. The van der Waals surface area contributed by atoms with Crippen molar-refractivity contribution >= 4 is 33.2 Å². The molecule has 3 N–H and O–H groups in total. The Hall–Kier alpha value is -1.19. The van der Waals surface area contributed by atoms with E-state index in [-0.39, 0.29) is 0 Å². The maximum atomic E-state index is 12.4. The standard InChI is InChI=1S/C12H16F2N2O3S2/c1-20-7-6-10(15)11(17)16-8-2-4-9(5-3-8)21(18,19)12(13)14/h2-5,10,12H,6-7,15H2,1H3,(H,16,17)/t10-/m1/s1. The first kappa shape index (κ1) is 17.9. The zero-order valence-electron chi connectivity index (χ0n) is 11.3. The number of benzene rings is 1. The molecule has 0 bridgehead atoms. The van der Waals surface area contributed by atoms with E-state index in [4.69, 9.17) is 5.73 Å². The maximum absolute atomic E-state index is 12.4. The highest BCUT2D eigenvalue weighted by Gasteiger charge is 2.26. The van der Waals surface area contributed by atoms with Crippen LogP contribution in [0, 0.1) is 0 Å². The van der Waals surface area contributed by atoms with E-state index in [2.05, 4.69) is 5.32 Å². The van der Waals surface area contributed by atoms with Crippen molar-refractivity contribution in [3.8, 4) is 0 Å². The molecular formula is C12H16F2N2O3S2. The van der Waals surface area contributed by atoms with Crippen molar-refractivity contribution in [1.82, 2.24) is 0 Å². The number of amides is 1. The summed E-state index contributed by atoms with van der Waals surface area (Å²) in [5.74, 6) is -3.15. The number of thioether (sulfide) groups is 1. The summed E-state index contributed by atoms with van der Waals surface area (Å²) in [7, 11) is -4.62. The Morgan fingerprint density at radius 3 is 2.38 bits per heavy atom. The molecule has 0 spiro atoms. The summed E-state index contributed by atoms with van der Waals surface area (Å²) >= 11 is 1.56. The number of nitrogens with one attached hydrogen (secondary N) is 1. The predicted molar refractivity (Wildman–Crippen MR) is 79.2 cm³/mol. The second-order valence-electron chi connectivity index (χ2n) is 4.21. The molecule has 0 aliphatic rings. The maximum Gasteiger partial charge on any atom is 0.341 e. The smallest absolute Gasteiger partial charge is 0.325 e. The molecule has 1 amide bonds. The second kappa shape index (κ2) is 7.71. The van der Waals surface area contributed by atoms with Gasteiger partial charge in [-0.1, -0.05) is 0 Å². The van der Waals surface area contributed by atoms with Gasteiger partial charge in [0.1, 0.15) is 0 Å². The van der Waals surface area contributed by atoms with Crippen LogP contribution >= 0.6 is 11.8 Å². The largest absolute Gasteiger partial charge is 0.341 e. The van der Waals surface area contributed by atoms with Crippen LogP contribution in [0.2, 0.25) is 0 Å². The molecule has 0 saturated carbocycles. The molecule has 1 rings (SSSR count). The lowest BCUT2D eigenvalue weighted by Crippen LogP contribution is -2.36. The average molecular weight is 338 g/mol. The van der Waals surface area contributed by atoms with Gasteiger partial charge in [0.15, 0.2) is 0 Å². The van der Waals surface area contributed by atoms with E-state index in [1.54, 1.807) is 11.8 Å². The zero-order valence-corrected chi connectivity index (χ0v) is 12.9. The van der Waals surface area contributed by atoms with Gasteiger partial charge in [0.05, 0.1) is 10.9 Å². The minimum Gasteiger partial charge on any atom is -0.325 e. The van der Waals surface area contributed by atoms with E-state index >= 15 is 0 Å². The Morgan fingerprint density at radius 2 is 1.90 bits per heavy atom. The molecular weight excluding hydrogens is 322 g/mol. The van der Waals surface area contributed by atoms with Crippen molar-refractivity contribution < 1.29 is 22.0 Å². The molecule has 0 heterocycles. The minimum atomic E-state index is -4.62. The molecule has 0 unspecified atom stereocenters. The zero-order chi connectivity index (χ0) is 16.0. The third-order valence-electron chi connectivity index (χ3n) is 2.65. The van der Waals surface area contributed by atoms with Crippen LogP contribution in [-0.2, 0) is 14.6 Å². The molecule has 1 atom stereocenters. The molecule has 0 aliphatic heterocycles. The summed E-state index contributed by atoms with van der Waals surface area (Å²) < 4.78 is 47.2. The Labute approximate surface area is 126 Å². The van der Waals surface area contributed by atoms with Crippen molar-refractivity contribution in [2.24, 2.45) is 5.73 Å². The van der Waals surface area contributed by atoms with Crippen molar-refractivity contribution in [2.75, 3.05) is 17.3 Å². The molecule has 1 aromatic rings. The summed E-state index contributed by atoms with van der Waals surface area (Å²) in [5, 5.41) is 2.50. The van der Waals surface area contributed by atoms with Crippen molar-refractivity contribution in [1.29, 1.82) is 0 Å². The monoisotopic (exact) mass is 338 g/mol. The number of hydrogen-bond donors (Lipinski definition) is 2. The van der Waals surface area contributed by atoms with Crippen LogP contribution in [0.3, 0.4) is 0 Å². The molecule has 0 fully saturated rings. The van der Waals surface area contributed by atoms with E-state index < -0.39 is 32.4 Å². The number of carbonyl (C=O) groups excluding carboxylic acids is 1. The molecule has 0 aromatic heterocycles. The van der Waals surface area contributed by atoms with Crippen LogP contribution in [0.4, 0.5) is 14.5 Å². The van der Waals surface area contributed by atoms with Crippen LogP contribution < -0.4 is 11.1 Å². The van der Waals surface area contributed by atoms with Gasteiger partial charge in [0, 0.05) is 5.69 Å². The fraction of sp³-hybridized carbons (Fsp3) is 0.417. The van der Waals surface area contributed by atoms with Crippen LogP contribution in [0.5, 0.6) is 0 Å². The fourth-order valence-corrected chi connectivity index (χ4v) is 2.65. The number of alkyl halides is 2. The summed E-state index contributed by atoms with van der Waals surface area (Å²) in [4.78, 5) is 11.2. The number of rotatable bonds is 7. The number of hydrogen-bond acceptors (Lipinski definition) is 5. The number of sulfone groups is 1. The van der Waals surface area contributed by atoms with Crippen LogP contribution in [0.25, 0.3) is 0 Å². The van der Waals surface area contributed by atoms with Gasteiger partial charge in [-0.3, -0.25) is 4.79 Å². The Morgan fingerprint density at radius 1 is 1.33 bits per heavy atom. The van der Waals surface area contributed by atoms with Crippen molar-refractivity contribution in [3.63, 3.8) is 0 Å². The average Bonchev–Trinajstić information content (AvgIpc) is 2.45. The molecule has 5 nitrogen and oxygen atoms in total. The van der Waals surface area contributed by atoms with Gasteiger partial charge in [0.25, 0.3) is 0 Å². The summed E-state index contributed by atoms with van der Waals surface area (Å²) in [6.45, 7) is 0. The van der Waals surface area contributed by atoms with Crippen LogP contribution in [0.1, 0.15) is 6.42 Å². The van der Waals surface area contributed by atoms with E-state index in [9.17, 15) is 22.0 Å². The first-order chi connectivity index (χ1) is 9.78. The lowest BCUT2D eigenvalue weighted by Gasteiger charge is -2.12. The van der Waals surface area contributed by atoms with E-state index in [0.29, 0.717) is 12.1 Å². The van der Waals surface area contributed by atoms with Crippen molar-refractivity contribution in [3.05, 3.63) is 24.3 Å². The highest BCUT2D eigenvalue weighted by atomic mass is 32.2. The first-order valence-electron chi connectivity index (χ1n) is 5.96. The third-order valence-corrected chi connectivity index (χ3v) is 4.70. The second-order valence-corrected chi connectivity index (χ2v) is 7.11. The molecule has 21 heavy (non-hydrogen) atoms. The van der Waals surface area contributed by atoms with Crippen LogP contribution in [-0.4, -0.2) is 38.1 Å². The summed E-state index contributed by atoms with van der Waals surface area (Å²) in [6, 6.07) is 3.85. The lowest BCUT2D eigenvalue weighted by molar-refractivity contribution is -0.117. The van der Waals surface area contributed by atoms with Gasteiger partial charge < -0.3 is 11.1 Å². The van der Waals surface area contributed by atoms with Gasteiger partial charge in [-0.05, 0) is 42.7 Å². The minimum absolute atomic E-state index is 0.299. The van der Waals surface area contributed by atoms with E-state index in [1.807, 2.05) is 6.26 Å². The lowest BCUT2D eigenvalue weighted by atomic mass is 10.2. The van der Waals surface area contributed by atoms with Gasteiger partial charge in [-0.2, -0.15) is 20.5 Å². The van der Waals surface area contributed by atoms with E-state index in [0.717, 1.165) is 17.9 Å². The molecule has 0 saturated heterocycles. The Balaban J connectivity index is 2.74. The molecule has 9 heteroatoms. The summed E-state index contributed by atoms with van der Waals surface area (Å²) in [5.41, 5.74) is 5.97. The molecule has 0 aliphatic carbocycles. The molecule has 1 aromatic carbocycles. The SMILES string of the molecule is CSCC[C@@H](N)C(=O)Nc1ccc(S(=O)(=O)C(F)F)cc1. The number of halogens is 2. The Bertz CT molecular complexity index is 577. The van der Waals surface area contributed by atoms with Gasteiger partial charge in [-0.25, -0.2) is 8.42 Å².